The van der Waals surface area contributed by atoms with Crippen LogP contribution in [-0.4, -0.2) is 25.0 Å². The lowest BCUT2D eigenvalue weighted by atomic mass is 10.1. The second kappa shape index (κ2) is 5.06. The van der Waals surface area contributed by atoms with Crippen molar-refractivity contribution in [1.29, 1.82) is 0 Å². The fourth-order valence-electron chi connectivity index (χ4n) is 2.22. The maximum Gasteiger partial charge on any atom is 0.200 e. The summed E-state index contributed by atoms with van der Waals surface area (Å²) in [6, 6.07) is 11.8. The summed E-state index contributed by atoms with van der Waals surface area (Å²) in [5, 5.41) is 26.0. The standard InChI is InChI=1S/C15H13N3O2S/c1-9-8-12(20)6-7-13(9)14-16-17-15(21)18(14)10-2-4-11(19)5-3-10/h2-8,19-20H,1H3,(H,17,21). The van der Waals surface area contributed by atoms with Crippen molar-refractivity contribution < 1.29 is 10.2 Å². The number of hydrogen-bond donors (Lipinski definition) is 3. The average Bonchev–Trinajstić information content (AvgIpc) is 2.82. The summed E-state index contributed by atoms with van der Waals surface area (Å²) in [6.07, 6.45) is 0. The normalized spacial score (nSPS) is 10.7. The Hall–Kier alpha value is -2.60. The van der Waals surface area contributed by atoms with Gasteiger partial charge in [0.15, 0.2) is 10.6 Å². The van der Waals surface area contributed by atoms with Gasteiger partial charge in [0.2, 0.25) is 0 Å². The first-order chi connectivity index (χ1) is 10.1. The lowest BCUT2D eigenvalue weighted by molar-refractivity contribution is 0.474. The number of rotatable bonds is 2. The van der Waals surface area contributed by atoms with Gasteiger partial charge in [-0.25, -0.2) is 0 Å². The van der Waals surface area contributed by atoms with Gasteiger partial charge in [0, 0.05) is 5.56 Å². The van der Waals surface area contributed by atoms with Crippen molar-refractivity contribution in [3.63, 3.8) is 0 Å². The van der Waals surface area contributed by atoms with Crippen LogP contribution in [0.15, 0.2) is 42.5 Å². The first-order valence-electron chi connectivity index (χ1n) is 6.33. The largest absolute Gasteiger partial charge is 0.508 e. The maximum atomic E-state index is 9.52. The minimum absolute atomic E-state index is 0.191. The molecule has 0 aliphatic rings. The van der Waals surface area contributed by atoms with Crippen molar-refractivity contribution in [1.82, 2.24) is 14.8 Å². The Kier molecular flexibility index (Phi) is 3.23. The van der Waals surface area contributed by atoms with Crippen LogP contribution < -0.4 is 0 Å². The molecule has 0 bridgehead atoms. The highest BCUT2D eigenvalue weighted by molar-refractivity contribution is 7.71. The van der Waals surface area contributed by atoms with E-state index < -0.39 is 0 Å². The second-order valence-electron chi connectivity index (χ2n) is 4.70. The van der Waals surface area contributed by atoms with Gasteiger partial charge in [-0.1, -0.05) is 0 Å². The van der Waals surface area contributed by atoms with E-state index in [9.17, 15) is 10.2 Å². The lowest BCUT2D eigenvalue weighted by Gasteiger charge is -2.09. The Morgan fingerprint density at radius 1 is 1.05 bits per heavy atom. The van der Waals surface area contributed by atoms with Crippen molar-refractivity contribution >= 4 is 12.2 Å². The van der Waals surface area contributed by atoms with Gasteiger partial charge in [-0.3, -0.25) is 9.67 Å². The van der Waals surface area contributed by atoms with E-state index in [1.807, 2.05) is 6.92 Å². The SMILES string of the molecule is Cc1cc(O)ccc1-c1n[nH]c(=S)n1-c1ccc(O)cc1. The van der Waals surface area contributed by atoms with Crippen LogP contribution in [-0.2, 0) is 0 Å². The monoisotopic (exact) mass is 299 g/mol. The number of H-pyrrole nitrogens is 1. The number of aromatic amines is 1. The average molecular weight is 299 g/mol. The van der Waals surface area contributed by atoms with Crippen molar-refractivity contribution in [3.05, 3.63) is 52.8 Å². The van der Waals surface area contributed by atoms with E-state index in [0.717, 1.165) is 16.8 Å². The third kappa shape index (κ3) is 2.41. The zero-order valence-corrected chi connectivity index (χ0v) is 12.1. The van der Waals surface area contributed by atoms with Crippen LogP contribution in [0.3, 0.4) is 0 Å². The van der Waals surface area contributed by atoms with Gasteiger partial charge in [0.1, 0.15) is 11.5 Å². The Balaban J connectivity index is 2.21. The number of phenolic OH excluding ortho intramolecular Hbond substituents is 2. The van der Waals surface area contributed by atoms with Crippen LogP contribution in [0.1, 0.15) is 5.56 Å². The van der Waals surface area contributed by atoms with Crippen LogP contribution in [0.5, 0.6) is 11.5 Å². The fraction of sp³-hybridized carbons (Fsp3) is 0.0667. The van der Waals surface area contributed by atoms with Crippen LogP contribution in [0.4, 0.5) is 0 Å². The Morgan fingerprint density at radius 3 is 2.38 bits per heavy atom. The molecular formula is C15H13N3O2S. The molecule has 5 nitrogen and oxygen atoms in total. The van der Waals surface area contributed by atoms with Gasteiger partial charge >= 0.3 is 0 Å². The van der Waals surface area contributed by atoms with Crippen LogP contribution in [0.2, 0.25) is 0 Å². The van der Waals surface area contributed by atoms with Gasteiger partial charge in [-0.15, -0.1) is 0 Å². The number of nitrogens with zero attached hydrogens (tertiary/aromatic N) is 2. The van der Waals surface area contributed by atoms with Crippen molar-refractivity contribution in [2.24, 2.45) is 0 Å². The summed E-state index contributed by atoms with van der Waals surface area (Å²) in [5.41, 5.74) is 2.56. The highest BCUT2D eigenvalue weighted by Gasteiger charge is 2.13. The molecule has 1 heterocycles. The van der Waals surface area contributed by atoms with Gasteiger partial charge in [0.25, 0.3) is 0 Å². The predicted molar refractivity (Wildman–Crippen MR) is 82.3 cm³/mol. The van der Waals surface area contributed by atoms with E-state index in [-0.39, 0.29) is 11.5 Å². The third-order valence-corrected chi connectivity index (χ3v) is 3.51. The third-order valence-electron chi connectivity index (χ3n) is 3.23. The van der Waals surface area contributed by atoms with Crippen molar-refractivity contribution in [3.8, 4) is 28.6 Å². The van der Waals surface area contributed by atoms with Gasteiger partial charge < -0.3 is 10.2 Å². The summed E-state index contributed by atoms with van der Waals surface area (Å²) in [7, 11) is 0. The molecule has 0 aliphatic heterocycles. The Bertz CT molecular complexity index is 850. The molecule has 0 aliphatic carbocycles. The lowest BCUT2D eigenvalue weighted by Crippen LogP contribution is -1.98. The fourth-order valence-corrected chi connectivity index (χ4v) is 2.46. The molecule has 6 heteroatoms. The second-order valence-corrected chi connectivity index (χ2v) is 5.09. The van der Waals surface area contributed by atoms with Crippen LogP contribution in [0.25, 0.3) is 17.1 Å². The van der Waals surface area contributed by atoms with E-state index in [0.29, 0.717) is 10.6 Å². The van der Waals surface area contributed by atoms with E-state index >= 15 is 0 Å². The molecule has 0 unspecified atom stereocenters. The maximum absolute atomic E-state index is 9.52. The molecule has 0 saturated carbocycles. The highest BCUT2D eigenvalue weighted by Crippen LogP contribution is 2.27. The van der Waals surface area contributed by atoms with Crippen molar-refractivity contribution in [2.45, 2.75) is 6.92 Å². The van der Waals surface area contributed by atoms with Crippen LogP contribution in [0, 0.1) is 11.7 Å². The molecule has 1 aromatic heterocycles. The Morgan fingerprint density at radius 2 is 1.71 bits per heavy atom. The van der Waals surface area contributed by atoms with Crippen molar-refractivity contribution in [2.75, 3.05) is 0 Å². The molecule has 3 aromatic rings. The molecule has 3 N–H and O–H groups in total. The van der Waals surface area contributed by atoms with E-state index in [4.69, 9.17) is 12.2 Å². The smallest absolute Gasteiger partial charge is 0.200 e. The first kappa shape index (κ1) is 13.4. The number of nitrogens with one attached hydrogen (secondary N) is 1. The number of benzene rings is 2. The number of aromatic nitrogens is 3. The Labute approximate surface area is 126 Å². The number of phenols is 2. The van der Waals surface area contributed by atoms with Gasteiger partial charge in [-0.2, -0.15) is 5.10 Å². The van der Waals surface area contributed by atoms with Crippen LogP contribution >= 0.6 is 12.2 Å². The molecule has 21 heavy (non-hydrogen) atoms. The summed E-state index contributed by atoms with van der Waals surface area (Å²) >= 11 is 5.29. The zero-order valence-electron chi connectivity index (χ0n) is 11.2. The highest BCUT2D eigenvalue weighted by atomic mass is 32.1. The molecule has 0 saturated heterocycles. The van der Waals surface area contributed by atoms with E-state index in [1.54, 1.807) is 47.0 Å². The molecule has 0 atom stereocenters. The topological polar surface area (TPSA) is 74.1 Å². The molecular weight excluding hydrogens is 286 g/mol. The number of aromatic hydroxyl groups is 2. The van der Waals surface area contributed by atoms with E-state index in [1.165, 1.54) is 0 Å². The molecule has 0 radical (unpaired) electrons. The first-order valence-corrected chi connectivity index (χ1v) is 6.74. The van der Waals surface area contributed by atoms with E-state index in [2.05, 4.69) is 10.2 Å². The van der Waals surface area contributed by atoms with Gasteiger partial charge in [-0.05, 0) is 67.2 Å². The summed E-state index contributed by atoms with van der Waals surface area (Å²) in [6.45, 7) is 1.90. The minimum Gasteiger partial charge on any atom is -0.508 e. The summed E-state index contributed by atoms with van der Waals surface area (Å²) in [4.78, 5) is 0. The summed E-state index contributed by atoms with van der Waals surface area (Å²) < 4.78 is 2.25. The summed E-state index contributed by atoms with van der Waals surface area (Å²) in [5.74, 6) is 1.06. The molecule has 0 amide bonds. The molecule has 3 rings (SSSR count). The molecule has 0 fully saturated rings. The van der Waals surface area contributed by atoms with Gasteiger partial charge in [0.05, 0.1) is 5.69 Å². The predicted octanol–water partition coefficient (Wildman–Crippen LogP) is 3.32. The molecule has 106 valence electrons. The molecule has 0 spiro atoms. The quantitative estimate of drug-likeness (QED) is 0.635. The molecule has 2 aromatic carbocycles. The number of aryl methyl sites for hydroxylation is 1. The number of hydrogen-bond acceptors (Lipinski definition) is 4. The zero-order chi connectivity index (χ0) is 15.0. The minimum atomic E-state index is 0.191.